The molecule has 1 heterocycles. The summed E-state index contributed by atoms with van der Waals surface area (Å²) in [4.78, 5) is 0.188. The third kappa shape index (κ3) is 3.06. The van der Waals surface area contributed by atoms with Gasteiger partial charge in [0.2, 0.25) is 10.0 Å². The minimum absolute atomic E-state index is 0.188. The molecule has 0 radical (unpaired) electrons. The zero-order valence-electron chi connectivity index (χ0n) is 8.96. The van der Waals surface area contributed by atoms with Crippen LogP contribution in [0.4, 0.5) is 5.69 Å². The molecule has 3 N–H and O–H groups in total. The molecule has 0 aliphatic heterocycles. The molecule has 2 rings (SSSR count). The second-order valence-electron chi connectivity index (χ2n) is 3.53. The minimum Gasteiger partial charge on any atom is -0.399 e. The average Bonchev–Trinajstić information content (AvgIpc) is 2.79. The summed E-state index contributed by atoms with van der Waals surface area (Å²) < 4.78 is 26.4. The van der Waals surface area contributed by atoms with E-state index in [1.165, 1.54) is 23.5 Å². The molecule has 0 saturated heterocycles. The number of anilines is 1. The maximum atomic E-state index is 11.9. The summed E-state index contributed by atoms with van der Waals surface area (Å²) in [5.74, 6) is 0. The lowest BCUT2D eigenvalue weighted by Gasteiger charge is -2.06. The summed E-state index contributed by atoms with van der Waals surface area (Å²) in [6.07, 6.45) is 0. The Bertz CT molecular complexity index is 592. The van der Waals surface area contributed by atoms with Gasteiger partial charge in [0.15, 0.2) is 0 Å². The van der Waals surface area contributed by atoms with Gasteiger partial charge in [0.25, 0.3) is 0 Å². The fourth-order valence-electron chi connectivity index (χ4n) is 1.34. The van der Waals surface area contributed by atoms with Crippen LogP contribution in [0.1, 0.15) is 5.56 Å². The van der Waals surface area contributed by atoms with Crippen LogP contribution < -0.4 is 10.5 Å². The Hall–Kier alpha value is -1.37. The standard InChI is InChI=1S/C11H12N2O2S2/c12-10-2-1-3-11(6-10)17(14,15)13-7-9-4-5-16-8-9/h1-6,8,13H,7,12H2. The lowest BCUT2D eigenvalue weighted by Crippen LogP contribution is -2.23. The number of rotatable bonds is 4. The van der Waals surface area contributed by atoms with Crippen molar-refractivity contribution in [1.82, 2.24) is 4.72 Å². The largest absolute Gasteiger partial charge is 0.399 e. The van der Waals surface area contributed by atoms with Crippen LogP contribution in [-0.4, -0.2) is 8.42 Å². The van der Waals surface area contributed by atoms with Crippen LogP contribution in [0.15, 0.2) is 46.0 Å². The first-order valence-corrected chi connectivity index (χ1v) is 7.37. The maximum Gasteiger partial charge on any atom is 0.240 e. The lowest BCUT2D eigenvalue weighted by molar-refractivity contribution is 0.581. The molecule has 0 aliphatic rings. The third-order valence-corrected chi connectivity index (χ3v) is 4.35. The summed E-state index contributed by atoms with van der Waals surface area (Å²) in [6, 6.07) is 8.11. The molecule has 0 spiro atoms. The van der Waals surface area contributed by atoms with Gasteiger partial charge in [-0.15, -0.1) is 0 Å². The van der Waals surface area contributed by atoms with Crippen LogP contribution in [-0.2, 0) is 16.6 Å². The first-order chi connectivity index (χ1) is 8.08. The summed E-state index contributed by atoms with van der Waals surface area (Å²) in [6.45, 7) is 0.292. The van der Waals surface area contributed by atoms with Crippen molar-refractivity contribution in [3.8, 4) is 0 Å². The lowest BCUT2D eigenvalue weighted by atomic mass is 10.3. The third-order valence-electron chi connectivity index (χ3n) is 2.21. The van der Waals surface area contributed by atoms with Gasteiger partial charge < -0.3 is 5.73 Å². The quantitative estimate of drug-likeness (QED) is 0.831. The van der Waals surface area contributed by atoms with Crippen LogP contribution in [0.25, 0.3) is 0 Å². The van der Waals surface area contributed by atoms with Crippen molar-refractivity contribution in [1.29, 1.82) is 0 Å². The van der Waals surface area contributed by atoms with Crippen LogP contribution in [0, 0.1) is 0 Å². The minimum atomic E-state index is -3.48. The molecule has 90 valence electrons. The highest BCUT2D eigenvalue weighted by atomic mass is 32.2. The zero-order valence-corrected chi connectivity index (χ0v) is 10.6. The van der Waals surface area contributed by atoms with Crippen molar-refractivity contribution in [2.24, 2.45) is 0 Å². The first kappa shape index (κ1) is 12.1. The molecule has 0 saturated carbocycles. The van der Waals surface area contributed by atoms with Crippen molar-refractivity contribution in [3.05, 3.63) is 46.7 Å². The highest BCUT2D eigenvalue weighted by molar-refractivity contribution is 7.89. The van der Waals surface area contributed by atoms with Crippen molar-refractivity contribution in [2.45, 2.75) is 11.4 Å². The van der Waals surface area contributed by atoms with Crippen LogP contribution in [0.3, 0.4) is 0 Å². The Morgan fingerprint density at radius 1 is 1.29 bits per heavy atom. The normalized spacial score (nSPS) is 11.5. The van der Waals surface area contributed by atoms with E-state index in [4.69, 9.17) is 5.73 Å². The Morgan fingerprint density at radius 2 is 2.12 bits per heavy atom. The topological polar surface area (TPSA) is 72.2 Å². The molecule has 4 nitrogen and oxygen atoms in total. The maximum absolute atomic E-state index is 11.9. The molecule has 0 aliphatic carbocycles. The van der Waals surface area contributed by atoms with Crippen molar-refractivity contribution in [2.75, 3.05) is 5.73 Å². The number of nitrogen functional groups attached to an aromatic ring is 1. The van der Waals surface area contributed by atoms with E-state index >= 15 is 0 Å². The number of nitrogens with two attached hydrogens (primary N) is 1. The molecule has 0 fully saturated rings. The van der Waals surface area contributed by atoms with Crippen LogP contribution in [0.5, 0.6) is 0 Å². The van der Waals surface area contributed by atoms with Gasteiger partial charge in [-0.05, 0) is 40.6 Å². The molecule has 1 aromatic carbocycles. The molecule has 6 heteroatoms. The van der Waals surface area contributed by atoms with Gasteiger partial charge in [0.05, 0.1) is 4.90 Å². The second kappa shape index (κ2) is 4.87. The average molecular weight is 268 g/mol. The van der Waals surface area contributed by atoms with Crippen LogP contribution in [0.2, 0.25) is 0 Å². The summed E-state index contributed by atoms with van der Waals surface area (Å²) >= 11 is 1.53. The van der Waals surface area contributed by atoms with Crippen molar-refractivity contribution >= 4 is 27.0 Å². The highest BCUT2D eigenvalue weighted by Gasteiger charge is 2.13. The summed E-state index contributed by atoms with van der Waals surface area (Å²) in [5, 5.41) is 3.81. The van der Waals surface area contributed by atoms with Gasteiger partial charge in [-0.2, -0.15) is 11.3 Å². The number of hydrogen-bond acceptors (Lipinski definition) is 4. The van der Waals surface area contributed by atoms with E-state index in [0.29, 0.717) is 12.2 Å². The van der Waals surface area contributed by atoms with E-state index in [-0.39, 0.29) is 4.90 Å². The van der Waals surface area contributed by atoms with E-state index in [1.807, 2.05) is 16.8 Å². The number of thiophene rings is 1. The number of nitrogens with one attached hydrogen (secondary N) is 1. The van der Waals surface area contributed by atoms with E-state index in [9.17, 15) is 8.42 Å². The SMILES string of the molecule is Nc1cccc(S(=O)(=O)NCc2ccsc2)c1. The Morgan fingerprint density at radius 3 is 2.76 bits per heavy atom. The van der Waals surface area contributed by atoms with Crippen molar-refractivity contribution < 1.29 is 8.42 Å². The molecular formula is C11H12N2O2S2. The molecule has 17 heavy (non-hydrogen) atoms. The van der Waals surface area contributed by atoms with Gasteiger partial charge in [0, 0.05) is 12.2 Å². The van der Waals surface area contributed by atoms with Gasteiger partial charge >= 0.3 is 0 Å². The monoisotopic (exact) mass is 268 g/mol. The van der Waals surface area contributed by atoms with Gasteiger partial charge in [-0.25, -0.2) is 13.1 Å². The fraction of sp³-hybridized carbons (Fsp3) is 0.0909. The fourth-order valence-corrected chi connectivity index (χ4v) is 3.08. The Balaban J connectivity index is 2.14. The highest BCUT2D eigenvalue weighted by Crippen LogP contribution is 2.13. The van der Waals surface area contributed by atoms with Gasteiger partial charge in [-0.1, -0.05) is 6.07 Å². The van der Waals surface area contributed by atoms with E-state index in [2.05, 4.69) is 4.72 Å². The molecule has 0 bridgehead atoms. The smallest absolute Gasteiger partial charge is 0.240 e. The molecule has 1 aromatic heterocycles. The van der Waals surface area contributed by atoms with E-state index in [0.717, 1.165) is 5.56 Å². The Labute approximate surface area is 104 Å². The molecule has 0 amide bonds. The number of benzene rings is 1. The van der Waals surface area contributed by atoms with E-state index in [1.54, 1.807) is 12.1 Å². The number of hydrogen-bond donors (Lipinski definition) is 2. The zero-order chi connectivity index (χ0) is 12.3. The molecule has 0 atom stereocenters. The molecule has 0 unspecified atom stereocenters. The van der Waals surface area contributed by atoms with Crippen LogP contribution >= 0.6 is 11.3 Å². The number of sulfonamides is 1. The van der Waals surface area contributed by atoms with Gasteiger partial charge in [-0.3, -0.25) is 0 Å². The van der Waals surface area contributed by atoms with Gasteiger partial charge in [0.1, 0.15) is 0 Å². The molecular weight excluding hydrogens is 256 g/mol. The summed E-state index contributed by atoms with van der Waals surface area (Å²) in [5.41, 5.74) is 6.94. The van der Waals surface area contributed by atoms with E-state index < -0.39 is 10.0 Å². The Kier molecular flexibility index (Phi) is 3.46. The predicted octanol–water partition coefficient (Wildman–Crippen LogP) is 1.81. The first-order valence-electron chi connectivity index (χ1n) is 4.94. The second-order valence-corrected chi connectivity index (χ2v) is 6.08. The predicted molar refractivity (Wildman–Crippen MR) is 69.2 cm³/mol. The van der Waals surface area contributed by atoms with Crippen molar-refractivity contribution in [3.63, 3.8) is 0 Å². The molecule has 2 aromatic rings. The summed E-state index contributed by atoms with van der Waals surface area (Å²) in [7, 11) is -3.48.